The first-order valence-corrected chi connectivity index (χ1v) is 7.75. The summed E-state index contributed by atoms with van der Waals surface area (Å²) in [6.45, 7) is 7.94. The largest absolute Gasteiger partial charge is 0.361 e. The summed E-state index contributed by atoms with van der Waals surface area (Å²) in [5.41, 5.74) is 0. The van der Waals surface area contributed by atoms with Gasteiger partial charge in [0.25, 0.3) is 0 Å². The Morgan fingerprint density at radius 1 is 0.857 bits per heavy atom. The minimum Gasteiger partial charge on any atom is -0.361 e. The van der Waals surface area contributed by atoms with E-state index in [-0.39, 0.29) is 37.0 Å². The van der Waals surface area contributed by atoms with Crippen LogP contribution in [0.2, 0.25) is 0 Å². The monoisotopic (exact) mass is 302 g/mol. The Kier molecular flexibility index (Phi) is 8.44. The maximum absolute atomic E-state index is 6.09. The highest BCUT2D eigenvalue weighted by Crippen LogP contribution is 2.24. The minimum absolute atomic E-state index is 0.0152. The fourth-order valence-corrected chi connectivity index (χ4v) is 2.33. The molecule has 1 rings (SSSR count). The van der Waals surface area contributed by atoms with Gasteiger partial charge in [0.05, 0.1) is 12.2 Å². The second-order valence-electron chi connectivity index (χ2n) is 5.22. The summed E-state index contributed by atoms with van der Waals surface area (Å²) in [6, 6.07) is 0. The van der Waals surface area contributed by atoms with Gasteiger partial charge in [-0.15, -0.1) is 0 Å². The smallest absolute Gasteiger partial charge is 0.154 e. The fraction of sp³-hybridized carbons (Fsp3) is 0.875. The van der Waals surface area contributed by atoms with Crippen LogP contribution in [0.25, 0.3) is 0 Å². The van der Waals surface area contributed by atoms with Gasteiger partial charge in [0.1, 0.15) is 12.2 Å². The van der Waals surface area contributed by atoms with Gasteiger partial charge in [-0.25, -0.2) is 0 Å². The van der Waals surface area contributed by atoms with Crippen molar-refractivity contribution < 1.29 is 23.7 Å². The summed E-state index contributed by atoms with van der Waals surface area (Å²) in [4.78, 5) is 0. The van der Waals surface area contributed by atoms with Crippen molar-refractivity contribution in [2.75, 3.05) is 14.2 Å². The van der Waals surface area contributed by atoms with Gasteiger partial charge in [0.2, 0.25) is 0 Å². The van der Waals surface area contributed by atoms with Crippen molar-refractivity contribution in [3.05, 3.63) is 12.2 Å². The molecular formula is C16H30O5. The first-order valence-electron chi connectivity index (χ1n) is 7.75. The molecule has 1 aliphatic heterocycles. The highest BCUT2D eigenvalue weighted by atomic mass is 16.7. The molecule has 21 heavy (non-hydrogen) atoms. The quantitative estimate of drug-likeness (QED) is 0.459. The standard InChI is InChI=1S/C16H30O5/c1-7-13(19-11(3)17-5)15-9-10-16(21-15)14(8-2)20-12(4)18-6/h9-16H,7-8H2,1-6H3. The van der Waals surface area contributed by atoms with E-state index in [1.54, 1.807) is 14.2 Å². The molecule has 0 saturated carbocycles. The molecule has 1 aliphatic rings. The molecule has 0 amide bonds. The van der Waals surface area contributed by atoms with E-state index < -0.39 is 0 Å². The molecule has 0 aromatic heterocycles. The lowest BCUT2D eigenvalue weighted by atomic mass is 10.1. The maximum Gasteiger partial charge on any atom is 0.154 e. The van der Waals surface area contributed by atoms with Crippen molar-refractivity contribution in [3.63, 3.8) is 0 Å². The van der Waals surface area contributed by atoms with E-state index in [0.29, 0.717) is 0 Å². The van der Waals surface area contributed by atoms with Crippen LogP contribution in [0.15, 0.2) is 12.2 Å². The Bertz CT molecular complexity index is 279. The van der Waals surface area contributed by atoms with Crippen LogP contribution in [0.5, 0.6) is 0 Å². The molecule has 0 aromatic carbocycles. The topological polar surface area (TPSA) is 46.2 Å². The lowest BCUT2D eigenvalue weighted by molar-refractivity contribution is -0.196. The second-order valence-corrected chi connectivity index (χ2v) is 5.22. The number of hydrogen-bond acceptors (Lipinski definition) is 5. The zero-order valence-corrected chi connectivity index (χ0v) is 14.1. The van der Waals surface area contributed by atoms with Crippen molar-refractivity contribution in [1.82, 2.24) is 0 Å². The van der Waals surface area contributed by atoms with Gasteiger partial charge < -0.3 is 23.7 Å². The van der Waals surface area contributed by atoms with Crippen molar-refractivity contribution in [2.45, 2.75) is 77.5 Å². The van der Waals surface area contributed by atoms with E-state index in [1.807, 2.05) is 13.8 Å². The fourth-order valence-electron chi connectivity index (χ4n) is 2.33. The van der Waals surface area contributed by atoms with Crippen LogP contribution in [0, 0.1) is 0 Å². The van der Waals surface area contributed by atoms with Gasteiger partial charge >= 0.3 is 0 Å². The Morgan fingerprint density at radius 2 is 1.24 bits per heavy atom. The van der Waals surface area contributed by atoms with Gasteiger partial charge in [-0.3, -0.25) is 0 Å². The van der Waals surface area contributed by atoms with Crippen LogP contribution in [-0.2, 0) is 23.7 Å². The van der Waals surface area contributed by atoms with E-state index in [1.165, 1.54) is 0 Å². The number of methoxy groups -OCH3 is 2. The second kappa shape index (κ2) is 9.54. The molecule has 0 N–H and O–H groups in total. The van der Waals surface area contributed by atoms with E-state index in [2.05, 4.69) is 26.0 Å². The summed E-state index contributed by atoms with van der Waals surface area (Å²) in [7, 11) is 3.28. The van der Waals surface area contributed by atoms with Gasteiger partial charge in [0, 0.05) is 14.2 Å². The molecule has 0 radical (unpaired) electrons. The molecule has 5 nitrogen and oxygen atoms in total. The zero-order valence-electron chi connectivity index (χ0n) is 14.1. The Balaban J connectivity index is 2.55. The first kappa shape index (κ1) is 18.6. The zero-order chi connectivity index (χ0) is 15.8. The highest BCUT2D eigenvalue weighted by Gasteiger charge is 2.32. The van der Waals surface area contributed by atoms with Crippen LogP contribution in [0.1, 0.15) is 40.5 Å². The molecule has 0 aliphatic carbocycles. The lowest BCUT2D eigenvalue weighted by Crippen LogP contribution is -2.37. The molecule has 6 unspecified atom stereocenters. The SMILES string of the molecule is CCC(OC(C)OC)C1C=CC(C(CC)OC(C)OC)O1. The molecular weight excluding hydrogens is 272 g/mol. The summed E-state index contributed by atoms with van der Waals surface area (Å²) >= 11 is 0. The number of ether oxygens (including phenoxy) is 5. The van der Waals surface area contributed by atoms with Crippen molar-refractivity contribution in [1.29, 1.82) is 0 Å². The van der Waals surface area contributed by atoms with E-state index in [9.17, 15) is 0 Å². The van der Waals surface area contributed by atoms with Gasteiger partial charge in [0.15, 0.2) is 12.6 Å². The number of rotatable bonds is 10. The molecule has 0 aromatic rings. The molecule has 0 saturated heterocycles. The van der Waals surface area contributed by atoms with E-state index >= 15 is 0 Å². The Labute approximate surface area is 128 Å². The van der Waals surface area contributed by atoms with Crippen LogP contribution in [0.3, 0.4) is 0 Å². The maximum atomic E-state index is 6.09. The predicted octanol–water partition coefficient (Wildman–Crippen LogP) is 2.89. The third-order valence-corrected chi connectivity index (χ3v) is 3.74. The van der Waals surface area contributed by atoms with Crippen LogP contribution in [-0.4, -0.2) is 51.2 Å². The average Bonchev–Trinajstić information content (AvgIpc) is 2.98. The van der Waals surface area contributed by atoms with Crippen LogP contribution >= 0.6 is 0 Å². The highest BCUT2D eigenvalue weighted by molar-refractivity contribution is 5.07. The molecule has 5 heteroatoms. The third-order valence-electron chi connectivity index (χ3n) is 3.74. The molecule has 0 spiro atoms. The summed E-state index contributed by atoms with van der Waals surface area (Å²) < 4.78 is 28.1. The molecule has 0 fully saturated rings. The van der Waals surface area contributed by atoms with Crippen molar-refractivity contribution >= 4 is 0 Å². The Hall–Kier alpha value is -0.460. The third kappa shape index (κ3) is 5.68. The first-order chi connectivity index (χ1) is 10.0. The van der Waals surface area contributed by atoms with Crippen LogP contribution in [0.4, 0.5) is 0 Å². The molecule has 124 valence electrons. The van der Waals surface area contributed by atoms with Gasteiger partial charge in [-0.2, -0.15) is 0 Å². The molecule has 1 heterocycles. The summed E-state index contributed by atoms with van der Waals surface area (Å²) in [6.07, 6.45) is 5.21. The average molecular weight is 302 g/mol. The van der Waals surface area contributed by atoms with Crippen LogP contribution < -0.4 is 0 Å². The molecule has 6 atom stereocenters. The van der Waals surface area contributed by atoms with Crippen molar-refractivity contribution in [3.8, 4) is 0 Å². The van der Waals surface area contributed by atoms with E-state index in [0.717, 1.165) is 12.8 Å². The summed E-state index contributed by atoms with van der Waals surface area (Å²) in [5.74, 6) is 0. The van der Waals surface area contributed by atoms with E-state index in [4.69, 9.17) is 23.7 Å². The minimum atomic E-state index is -0.238. The van der Waals surface area contributed by atoms with Crippen molar-refractivity contribution in [2.24, 2.45) is 0 Å². The lowest BCUT2D eigenvalue weighted by Gasteiger charge is -2.29. The molecule has 0 bridgehead atoms. The predicted molar refractivity (Wildman–Crippen MR) is 81.1 cm³/mol. The summed E-state index contributed by atoms with van der Waals surface area (Å²) in [5, 5.41) is 0. The van der Waals surface area contributed by atoms with Gasteiger partial charge in [-0.05, 0) is 26.7 Å². The Morgan fingerprint density at radius 3 is 1.52 bits per heavy atom. The van der Waals surface area contributed by atoms with Gasteiger partial charge in [-0.1, -0.05) is 26.0 Å². The number of hydrogen-bond donors (Lipinski definition) is 0. The normalized spacial score (nSPS) is 27.5.